The highest BCUT2D eigenvalue weighted by atomic mass is 16.1. The second-order valence-corrected chi connectivity index (χ2v) is 8.10. The number of nitrogens with zero attached hydrogens (tertiary/aromatic N) is 1. The quantitative estimate of drug-likeness (QED) is 0.349. The number of carbonyl (C=O) groups excluding carboxylic acids is 1. The van der Waals surface area contributed by atoms with Crippen molar-refractivity contribution in [3.63, 3.8) is 0 Å². The van der Waals surface area contributed by atoms with Crippen LogP contribution in [0.5, 0.6) is 0 Å². The molecule has 166 valence electrons. The maximum atomic E-state index is 11.5. The Bertz CT molecular complexity index is 1100. The summed E-state index contributed by atoms with van der Waals surface area (Å²) in [5.41, 5.74) is 14.8. The van der Waals surface area contributed by atoms with E-state index < -0.39 is 5.91 Å². The van der Waals surface area contributed by atoms with E-state index >= 15 is 0 Å². The normalized spacial score (nSPS) is 13.3. The summed E-state index contributed by atoms with van der Waals surface area (Å²) in [5, 5.41) is 0. The van der Waals surface area contributed by atoms with E-state index in [1.807, 2.05) is 45.1 Å². The van der Waals surface area contributed by atoms with Crippen LogP contribution in [0, 0.1) is 6.92 Å². The molecule has 2 aromatic rings. The molecule has 0 aliphatic heterocycles. The maximum absolute atomic E-state index is 11.5. The first-order chi connectivity index (χ1) is 15.2. The Hall–Kier alpha value is -3.46. The minimum Gasteiger partial charge on any atom is -0.366 e. The molecule has 0 unspecified atom stereocenters. The Morgan fingerprint density at radius 2 is 1.66 bits per heavy atom. The van der Waals surface area contributed by atoms with E-state index in [-0.39, 0.29) is 0 Å². The minimum atomic E-state index is -0.401. The molecule has 0 atom stereocenters. The van der Waals surface area contributed by atoms with Crippen molar-refractivity contribution in [1.82, 2.24) is 0 Å². The molecule has 0 aromatic heterocycles. The Morgan fingerprint density at radius 3 is 2.19 bits per heavy atom. The van der Waals surface area contributed by atoms with Crippen molar-refractivity contribution in [3.05, 3.63) is 112 Å². The Kier molecular flexibility index (Phi) is 9.15. The van der Waals surface area contributed by atoms with Crippen LogP contribution >= 0.6 is 0 Å². The number of aryl methyl sites for hydroxylation is 1. The first-order valence-corrected chi connectivity index (χ1v) is 10.9. The Balaban J connectivity index is 2.14. The van der Waals surface area contributed by atoms with E-state index in [1.54, 1.807) is 6.07 Å². The number of carbonyl (C=O) groups is 1. The van der Waals surface area contributed by atoms with Crippen molar-refractivity contribution < 1.29 is 4.79 Å². The summed E-state index contributed by atoms with van der Waals surface area (Å²) in [7, 11) is 0. The summed E-state index contributed by atoms with van der Waals surface area (Å²) >= 11 is 0. The largest absolute Gasteiger partial charge is 0.366 e. The molecule has 0 bridgehead atoms. The first kappa shape index (κ1) is 24.8. The number of amides is 1. The van der Waals surface area contributed by atoms with E-state index in [4.69, 9.17) is 10.7 Å². The zero-order valence-electron chi connectivity index (χ0n) is 19.9. The standard InChI is InChI=1S/C29H34N2O/c1-7-9-24(10-8-2)19-26-13-11-25(12-14-26)18-21(4)31-23(6)22(5)27-15-16-28(29(30)32)20(3)17-27/h7-17H,1,18-19H2,2-6H3,(H2,30,32)/b10-8-,23-22+,24-9+,31-21?. The van der Waals surface area contributed by atoms with Crippen LogP contribution in [0.1, 0.15) is 60.3 Å². The molecule has 0 radical (unpaired) electrons. The molecule has 0 spiro atoms. The first-order valence-electron chi connectivity index (χ1n) is 10.9. The molecule has 0 heterocycles. The Labute approximate surface area is 192 Å². The van der Waals surface area contributed by atoms with Gasteiger partial charge in [-0.3, -0.25) is 9.79 Å². The number of allylic oxidation sites excluding steroid dienone is 7. The molecule has 0 saturated carbocycles. The van der Waals surface area contributed by atoms with Gasteiger partial charge in [0.1, 0.15) is 0 Å². The predicted molar refractivity (Wildman–Crippen MR) is 138 cm³/mol. The summed E-state index contributed by atoms with van der Waals surface area (Å²) in [6, 6.07) is 14.4. The van der Waals surface area contributed by atoms with Crippen molar-refractivity contribution in [2.45, 2.75) is 47.5 Å². The number of benzene rings is 2. The van der Waals surface area contributed by atoms with Gasteiger partial charge in [-0.05, 0) is 80.5 Å². The van der Waals surface area contributed by atoms with Crippen LogP contribution in [0.15, 0.2) is 89.6 Å². The molecule has 3 nitrogen and oxygen atoms in total. The molecular weight excluding hydrogens is 392 g/mol. The molecular formula is C29H34N2O. The van der Waals surface area contributed by atoms with Gasteiger partial charge in [-0.15, -0.1) is 0 Å². The number of aliphatic imine (C=N–C) groups is 1. The molecule has 0 saturated heterocycles. The van der Waals surface area contributed by atoms with E-state index in [1.165, 1.54) is 16.7 Å². The number of primary amides is 1. The fourth-order valence-corrected chi connectivity index (χ4v) is 3.64. The predicted octanol–water partition coefficient (Wildman–Crippen LogP) is 6.78. The van der Waals surface area contributed by atoms with Crippen LogP contribution in [0.4, 0.5) is 0 Å². The van der Waals surface area contributed by atoms with Crippen LogP contribution < -0.4 is 5.73 Å². The Morgan fingerprint density at radius 1 is 1.03 bits per heavy atom. The summed E-state index contributed by atoms with van der Waals surface area (Å²) in [4.78, 5) is 16.3. The van der Waals surface area contributed by atoms with Gasteiger partial charge in [-0.25, -0.2) is 0 Å². The van der Waals surface area contributed by atoms with Crippen LogP contribution in [0.2, 0.25) is 0 Å². The lowest BCUT2D eigenvalue weighted by atomic mass is 9.99. The molecule has 2 N–H and O–H groups in total. The van der Waals surface area contributed by atoms with Gasteiger partial charge in [0, 0.05) is 23.4 Å². The SMILES string of the molecule is C=C/C=C(\C=C/C)Cc1ccc(CC(C)=N/C(C)=C(\C)c2ccc(C(N)=O)c(C)c2)cc1. The third kappa shape index (κ3) is 7.05. The molecule has 2 rings (SSSR count). The molecule has 3 heteroatoms. The van der Waals surface area contributed by atoms with Crippen LogP contribution in [-0.4, -0.2) is 11.6 Å². The maximum Gasteiger partial charge on any atom is 0.248 e. The van der Waals surface area contributed by atoms with Gasteiger partial charge in [-0.1, -0.05) is 67.3 Å². The number of hydrogen-bond donors (Lipinski definition) is 1. The van der Waals surface area contributed by atoms with Gasteiger partial charge >= 0.3 is 0 Å². The van der Waals surface area contributed by atoms with Gasteiger partial charge in [0.25, 0.3) is 0 Å². The molecule has 0 aliphatic rings. The average Bonchev–Trinajstić information content (AvgIpc) is 2.74. The van der Waals surface area contributed by atoms with Gasteiger partial charge in [-0.2, -0.15) is 0 Å². The fourth-order valence-electron chi connectivity index (χ4n) is 3.64. The smallest absolute Gasteiger partial charge is 0.248 e. The average molecular weight is 427 g/mol. The highest BCUT2D eigenvalue weighted by molar-refractivity contribution is 5.94. The van der Waals surface area contributed by atoms with Gasteiger partial charge in [0.2, 0.25) is 5.91 Å². The van der Waals surface area contributed by atoms with Crippen LogP contribution in [0.25, 0.3) is 5.57 Å². The highest BCUT2D eigenvalue weighted by Gasteiger charge is 2.08. The lowest BCUT2D eigenvalue weighted by molar-refractivity contribution is 0.0999. The van der Waals surface area contributed by atoms with Crippen LogP contribution in [-0.2, 0) is 12.8 Å². The van der Waals surface area contributed by atoms with E-state index in [0.29, 0.717) is 5.56 Å². The number of rotatable bonds is 9. The summed E-state index contributed by atoms with van der Waals surface area (Å²) in [6.45, 7) is 13.9. The fraction of sp³-hybridized carbons (Fsp3) is 0.241. The van der Waals surface area contributed by atoms with Gasteiger partial charge in [0.05, 0.1) is 0 Å². The van der Waals surface area contributed by atoms with Crippen LogP contribution in [0.3, 0.4) is 0 Å². The van der Waals surface area contributed by atoms with Gasteiger partial charge < -0.3 is 5.73 Å². The molecule has 2 aromatic carbocycles. The van der Waals surface area contributed by atoms with E-state index in [0.717, 1.165) is 41.0 Å². The van der Waals surface area contributed by atoms with Crippen molar-refractivity contribution in [3.8, 4) is 0 Å². The second-order valence-electron chi connectivity index (χ2n) is 8.10. The van der Waals surface area contributed by atoms with Crippen molar-refractivity contribution in [2.75, 3.05) is 0 Å². The molecule has 0 aliphatic carbocycles. The molecule has 0 fully saturated rings. The zero-order valence-corrected chi connectivity index (χ0v) is 19.9. The highest BCUT2D eigenvalue weighted by Crippen LogP contribution is 2.22. The van der Waals surface area contributed by atoms with Crippen molar-refractivity contribution in [1.29, 1.82) is 0 Å². The summed E-state index contributed by atoms with van der Waals surface area (Å²) in [5.74, 6) is -0.401. The summed E-state index contributed by atoms with van der Waals surface area (Å²) < 4.78 is 0. The van der Waals surface area contributed by atoms with E-state index in [9.17, 15) is 4.79 Å². The zero-order chi connectivity index (χ0) is 23.7. The topological polar surface area (TPSA) is 55.4 Å². The minimum absolute atomic E-state index is 0.401. The van der Waals surface area contributed by atoms with Crippen molar-refractivity contribution >= 4 is 17.2 Å². The third-order valence-electron chi connectivity index (χ3n) is 5.43. The number of hydrogen-bond acceptors (Lipinski definition) is 2. The van der Waals surface area contributed by atoms with E-state index in [2.05, 4.69) is 56.8 Å². The monoisotopic (exact) mass is 426 g/mol. The summed E-state index contributed by atoms with van der Waals surface area (Å²) in [6.07, 6.45) is 9.73. The third-order valence-corrected chi connectivity index (χ3v) is 5.43. The number of nitrogens with two attached hydrogens (primary N) is 1. The lowest BCUT2D eigenvalue weighted by Crippen LogP contribution is -2.12. The lowest BCUT2D eigenvalue weighted by Gasteiger charge is -2.10. The van der Waals surface area contributed by atoms with Crippen molar-refractivity contribution in [2.24, 2.45) is 10.7 Å². The molecule has 32 heavy (non-hydrogen) atoms. The van der Waals surface area contributed by atoms with Gasteiger partial charge in [0.15, 0.2) is 0 Å². The molecule has 1 amide bonds. The second kappa shape index (κ2) is 11.8.